The summed E-state index contributed by atoms with van der Waals surface area (Å²) < 4.78 is 7.16. The summed E-state index contributed by atoms with van der Waals surface area (Å²) in [6.07, 6.45) is 5.56. The van der Waals surface area contributed by atoms with Crippen LogP contribution in [0, 0.1) is 0 Å². The highest BCUT2D eigenvalue weighted by Gasteiger charge is 2.03. The van der Waals surface area contributed by atoms with Crippen LogP contribution in [-0.4, -0.2) is 28.2 Å². The number of rotatable bonds is 6. The smallest absolute Gasteiger partial charge is 0.212 e. The Kier molecular flexibility index (Phi) is 4.30. The van der Waals surface area contributed by atoms with Crippen LogP contribution < -0.4 is 10.1 Å². The third kappa shape index (κ3) is 3.07. The quantitative estimate of drug-likeness (QED) is 0.838. The van der Waals surface area contributed by atoms with Gasteiger partial charge in [-0.05, 0) is 12.1 Å². The van der Waals surface area contributed by atoms with Crippen LogP contribution in [0.4, 0.5) is 0 Å². The molecule has 0 radical (unpaired) electrons. The second-order valence-electron chi connectivity index (χ2n) is 4.00. The highest BCUT2D eigenvalue weighted by atomic mass is 16.5. The van der Waals surface area contributed by atoms with Crippen LogP contribution in [0.15, 0.2) is 30.9 Å². The van der Waals surface area contributed by atoms with Crippen molar-refractivity contribution in [3.8, 4) is 5.88 Å². The van der Waals surface area contributed by atoms with E-state index in [2.05, 4.69) is 26.8 Å². The molecule has 0 spiro atoms. The van der Waals surface area contributed by atoms with Gasteiger partial charge in [-0.1, -0.05) is 13.0 Å². The average Bonchev–Trinajstić information content (AvgIpc) is 2.84. The van der Waals surface area contributed by atoms with Gasteiger partial charge in [0.05, 0.1) is 25.7 Å². The van der Waals surface area contributed by atoms with Crippen molar-refractivity contribution in [1.82, 2.24) is 19.9 Å². The van der Waals surface area contributed by atoms with Crippen LogP contribution in [0.3, 0.4) is 0 Å². The molecule has 0 atom stereocenters. The van der Waals surface area contributed by atoms with E-state index in [1.54, 1.807) is 7.11 Å². The predicted molar refractivity (Wildman–Crippen MR) is 69.5 cm³/mol. The van der Waals surface area contributed by atoms with E-state index in [0.29, 0.717) is 5.88 Å². The molecular weight excluding hydrogens is 228 g/mol. The van der Waals surface area contributed by atoms with E-state index in [-0.39, 0.29) is 0 Å². The van der Waals surface area contributed by atoms with Gasteiger partial charge in [0.1, 0.15) is 0 Å². The van der Waals surface area contributed by atoms with Crippen LogP contribution in [0.2, 0.25) is 0 Å². The van der Waals surface area contributed by atoms with Gasteiger partial charge in [-0.15, -0.1) is 0 Å². The van der Waals surface area contributed by atoms with E-state index >= 15 is 0 Å². The molecule has 18 heavy (non-hydrogen) atoms. The van der Waals surface area contributed by atoms with Crippen molar-refractivity contribution in [3.05, 3.63) is 42.1 Å². The summed E-state index contributed by atoms with van der Waals surface area (Å²) in [7, 11) is 1.62. The van der Waals surface area contributed by atoms with Crippen LogP contribution >= 0.6 is 0 Å². The SMILES string of the molecule is CCNCc1cncn1Cc1ccc(OC)nc1. The van der Waals surface area contributed by atoms with Crippen LogP contribution in [0.1, 0.15) is 18.2 Å². The number of hydrogen-bond donors (Lipinski definition) is 1. The molecule has 0 aliphatic heterocycles. The Bertz CT molecular complexity index is 478. The Morgan fingerprint density at radius 3 is 2.89 bits per heavy atom. The zero-order chi connectivity index (χ0) is 12.8. The second-order valence-corrected chi connectivity index (χ2v) is 4.00. The molecule has 5 heteroatoms. The fourth-order valence-corrected chi connectivity index (χ4v) is 1.71. The van der Waals surface area contributed by atoms with Gasteiger partial charge in [-0.2, -0.15) is 0 Å². The molecule has 0 unspecified atom stereocenters. The highest BCUT2D eigenvalue weighted by molar-refractivity contribution is 5.18. The van der Waals surface area contributed by atoms with E-state index in [1.807, 2.05) is 30.9 Å². The molecule has 1 N–H and O–H groups in total. The van der Waals surface area contributed by atoms with Gasteiger partial charge < -0.3 is 14.6 Å². The molecular formula is C13H18N4O. The Labute approximate surface area is 107 Å². The number of hydrogen-bond acceptors (Lipinski definition) is 4. The minimum atomic E-state index is 0.636. The Hall–Kier alpha value is -1.88. The first-order valence-corrected chi connectivity index (χ1v) is 6.02. The minimum absolute atomic E-state index is 0.636. The number of imidazole rings is 1. The van der Waals surface area contributed by atoms with E-state index in [9.17, 15) is 0 Å². The lowest BCUT2D eigenvalue weighted by atomic mass is 10.3. The van der Waals surface area contributed by atoms with Crippen molar-refractivity contribution >= 4 is 0 Å². The Morgan fingerprint density at radius 1 is 1.33 bits per heavy atom. The summed E-state index contributed by atoms with van der Waals surface area (Å²) in [5.74, 6) is 0.636. The van der Waals surface area contributed by atoms with Crippen molar-refractivity contribution in [2.75, 3.05) is 13.7 Å². The van der Waals surface area contributed by atoms with Crippen LogP contribution in [0.5, 0.6) is 5.88 Å². The van der Waals surface area contributed by atoms with Crippen molar-refractivity contribution in [2.24, 2.45) is 0 Å². The van der Waals surface area contributed by atoms with E-state index in [0.717, 1.165) is 25.2 Å². The van der Waals surface area contributed by atoms with Gasteiger partial charge in [0.25, 0.3) is 0 Å². The molecule has 0 fully saturated rings. The minimum Gasteiger partial charge on any atom is -0.481 e. The normalized spacial score (nSPS) is 10.6. The number of nitrogens with one attached hydrogen (secondary N) is 1. The highest BCUT2D eigenvalue weighted by Crippen LogP contribution is 2.09. The predicted octanol–water partition coefficient (Wildman–Crippen LogP) is 1.44. The largest absolute Gasteiger partial charge is 0.481 e. The summed E-state index contributed by atoms with van der Waals surface area (Å²) in [6, 6.07) is 3.89. The standard InChI is InChI=1S/C13H18N4O/c1-3-14-7-12-8-15-10-17(12)9-11-4-5-13(18-2)16-6-11/h4-6,8,10,14H,3,7,9H2,1-2H3. The molecule has 0 aliphatic carbocycles. The van der Waals surface area contributed by atoms with E-state index < -0.39 is 0 Å². The van der Waals surface area contributed by atoms with Crippen molar-refractivity contribution in [2.45, 2.75) is 20.0 Å². The van der Waals surface area contributed by atoms with Crippen LogP contribution in [-0.2, 0) is 13.1 Å². The number of pyridine rings is 1. The van der Waals surface area contributed by atoms with Crippen molar-refractivity contribution in [3.63, 3.8) is 0 Å². The molecule has 0 amide bonds. The molecule has 96 valence electrons. The van der Waals surface area contributed by atoms with Crippen molar-refractivity contribution < 1.29 is 4.74 Å². The lowest BCUT2D eigenvalue weighted by Gasteiger charge is -2.08. The third-order valence-corrected chi connectivity index (χ3v) is 2.71. The monoisotopic (exact) mass is 246 g/mol. The third-order valence-electron chi connectivity index (χ3n) is 2.71. The first-order valence-electron chi connectivity index (χ1n) is 6.02. The van der Waals surface area contributed by atoms with Gasteiger partial charge in [0.15, 0.2) is 0 Å². The number of methoxy groups -OCH3 is 1. The molecule has 5 nitrogen and oxygen atoms in total. The summed E-state index contributed by atoms with van der Waals surface area (Å²) in [4.78, 5) is 8.38. The van der Waals surface area contributed by atoms with Gasteiger partial charge in [0, 0.05) is 25.0 Å². The molecule has 2 aromatic heterocycles. The number of ether oxygens (including phenoxy) is 1. The molecule has 2 heterocycles. The Morgan fingerprint density at radius 2 is 2.22 bits per heavy atom. The molecule has 2 aromatic rings. The Balaban J connectivity index is 2.05. The second kappa shape index (κ2) is 6.16. The fraction of sp³-hybridized carbons (Fsp3) is 0.385. The summed E-state index contributed by atoms with van der Waals surface area (Å²) in [6.45, 7) is 4.65. The topological polar surface area (TPSA) is 52.0 Å². The fourth-order valence-electron chi connectivity index (χ4n) is 1.71. The lowest BCUT2D eigenvalue weighted by molar-refractivity contribution is 0.397. The first-order chi connectivity index (χ1) is 8.83. The van der Waals surface area contributed by atoms with Crippen molar-refractivity contribution in [1.29, 1.82) is 0 Å². The van der Waals surface area contributed by atoms with Gasteiger partial charge in [-0.3, -0.25) is 0 Å². The molecule has 0 saturated carbocycles. The summed E-state index contributed by atoms with van der Waals surface area (Å²) in [5.41, 5.74) is 2.30. The maximum absolute atomic E-state index is 5.04. The lowest BCUT2D eigenvalue weighted by Crippen LogP contribution is -2.15. The van der Waals surface area contributed by atoms with Gasteiger partial charge >= 0.3 is 0 Å². The van der Waals surface area contributed by atoms with Crippen LogP contribution in [0.25, 0.3) is 0 Å². The molecule has 0 aromatic carbocycles. The van der Waals surface area contributed by atoms with E-state index in [4.69, 9.17) is 4.74 Å². The summed E-state index contributed by atoms with van der Waals surface area (Å²) in [5, 5.41) is 3.30. The van der Waals surface area contributed by atoms with Gasteiger partial charge in [0.2, 0.25) is 5.88 Å². The molecule has 0 saturated heterocycles. The maximum Gasteiger partial charge on any atom is 0.212 e. The molecule has 0 bridgehead atoms. The number of aromatic nitrogens is 3. The summed E-state index contributed by atoms with van der Waals surface area (Å²) >= 11 is 0. The maximum atomic E-state index is 5.04. The zero-order valence-corrected chi connectivity index (χ0v) is 10.8. The number of nitrogens with zero attached hydrogens (tertiary/aromatic N) is 3. The first kappa shape index (κ1) is 12.6. The zero-order valence-electron chi connectivity index (χ0n) is 10.8. The molecule has 2 rings (SSSR count). The average molecular weight is 246 g/mol. The van der Waals surface area contributed by atoms with E-state index in [1.165, 1.54) is 5.69 Å². The molecule has 0 aliphatic rings. The van der Waals surface area contributed by atoms with Gasteiger partial charge in [-0.25, -0.2) is 9.97 Å².